The molecule has 70 valence electrons. The molecule has 1 aromatic heterocycles. The molecule has 0 bridgehead atoms. The molecule has 1 aliphatic heterocycles. The fourth-order valence-electron chi connectivity index (χ4n) is 0.852. The molecule has 1 aromatic rings. The number of epoxide rings is 1. The summed E-state index contributed by atoms with van der Waals surface area (Å²) in [6, 6.07) is 0. The van der Waals surface area contributed by atoms with Gasteiger partial charge in [0.25, 0.3) is 5.56 Å². The Labute approximate surface area is 79.7 Å². The summed E-state index contributed by atoms with van der Waals surface area (Å²) in [6.07, 6.45) is 1.95. The maximum Gasteiger partial charge on any atom is 0.254 e. The lowest BCUT2D eigenvalue weighted by Gasteiger charge is -1.97. The Hall–Kier alpha value is -0.810. The first-order valence-corrected chi connectivity index (χ1v) is 5.04. The Morgan fingerprint density at radius 1 is 1.85 bits per heavy atom. The zero-order valence-corrected chi connectivity index (χ0v) is 8.06. The van der Waals surface area contributed by atoms with E-state index < -0.39 is 0 Å². The Morgan fingerprint density at radius 3 is 3.23 bits per heavy atom. The highest BCUT2D eigenvalue weighted by atomic mass is 32.2. The van der Waals surface area contributed by atoms with Crippen LogP contribution in [0.2, 0.25) is 0 Å². The molecular formula is C8H10N2O2S. The molecule has 0 amide bonds. The van der Waals surface area contributed by atoms with Crippen LogP contribution in [0.1, 0.15) is 5.56 Å². The number of nitrogens with zero attached hydrogens (tertiary/aromatic N) is 1. The molecule has 4 nitrogen and oxygen atoms in total. The first-order chi connectivity index (χ1) is 6.25. The number of aromatic nitrogens is 2. The van der Waals surface area contributed by atoms with E-state index in [9.17, 15) is 4.79 Å². The SMILES string of the molecule is Cc1cnc(SC[C@H]2CO2)[nH]c1=O. The molecule has 5 heteroatoms. The monoisotopic (exact) mass is 198 g/mol. The van der Waals surface area contributed by atoms with Crippen molar-refractivity contribution in [3.05, 3.63) is 22.1 Å². The molecule has 1 aliphatic rings. The topological polar surface area (TPSA) is 58.3 Å². The molecule has 2 heterocycles. The summed E-state index contributed by atoms with van der Waals surface area (Å²) in [5.74, 6) is 0.867. The fraction of sp³-hybridized carbons (Fsp3) is 0.500. The van der Waals surface area contributed by atoms with Gasteiger partial charge < -0.3 is 9.72 Å². The largest absolute Gasteiger partial charge is 0.372 e. The molecule has 1 N–H and O–H groups in total. The summed E-state index contributed by atoms with van der Waals surface area (Å²) in [5.41, 5.74) is 0.584. The van der Waals surface area contributed by atoms with Crippen molar-refractivity contribution in [3.8, 4) is 0 Å². The van der Waals surface area contributed by atoms with E-state index in [4.69, 9.17) is 4.74 Å². The second-order valence-electron chi connectivity index (χ2n) is 2.97. The normalized spacial score (nSPS) is 20.2. The summed E-state index contributed by atoms with van der Waals surface area (Å²) in [7, 11) is 0. The van der Waals surface area contributed by atoms with E-state index >= 15 is 0 Å². The van der Waals surface area contributed by atoms with Crippen LogP contribution in [0.25, 0.3) is 0 Å². The number of nitrogens with one attached hydrogen (secondary N) is 1. The van der Waals surface area contributed by atoms with Gasteiger partial charge in [-0.3, -0.25) is 4.79 Å². The molecule has 0 saturated carbocycles. The standard InChI is InChI=1S/C8H10N2O2S/c1-5-2-9-8(10-7(5)11)13-4-6-3-12-6/h2,6H,3-4H2,1H3,(H,9,10,11)/t6-/m1/s1. The summed E-state index contributed by atoms with van der Waals surface area (Å²) in [5, 5.41) is 0.672. The zero-order valence-electron chi connectivity index (χ0n) is 7.24. The van der Waals surface area contributed by atoms with E-state index in [1.807, 2.05) is 0 Å². The molecule has 13 heavy (non-hydrogen) atoms. The van der Waals surface area contributed by atoms with Crippen LogP contribution in [-0.2, 0) is 4.74 Å². The van der Waals surface area contributed by atoms with Gasteiger partial charge in [0.2, 0.25) is 0 Å². The average Bonchev–Trinajstić information content (AvgIpc) is 2.91. The smallest absolute Gasteiger partial charge is 0.254 e. The van der Waals surface area contributed by atoms with Crippen molar-refractivity contribution in [2.45, 2.75) is 18.2 Å². The van der Waals surface area contributed by atoms with Crippen LogP contribution in [0.3, 0.4) is 0 Å². The van der Waals surface area contributed by atoms with Crippen LogP contribution < -0.4 is 5.56 Å². The lowest BCUT2D eigenvalue weighted by Crippen LogP contribution is -2.11. The molecular weight excluding hydrogens is 188 g/mol. The molecule has 0 aliphatic carbocycles. The molecule has 1 atom stereocenters. The minimum Gasteiger partial charge on any atom is -0.372 e. The number of thioether (sulfide) groups is 1. The second kappa shape index (κ2) is 3.51. The predicted molar refractivity (Wildman–Crippen MR) is 50.1 cm³/mol. The van der Waals surface area contributed by atoms with E-state index in [0.717, 1.165) is 12.4 Å². The van der Waals surface area contributed by atoms with Crippen molar-refractivity contribution in [3.63, 3.8) is 0 Å². The number of hydrogen-bond donors (Lipinski definition) is 1. The van der Waals surface area contributed by atoms with Crippen molar-refractivity contribution in [2.24, 2.45) is 0 Å². The third-order valence-corrected chi connectivity index (χ3v) is 2.78. The van der Waals surface area contributed by atoms with E-state index in [2.05, 4.69) is 9.97 Å². The van der Waals surface area contributed by atoms with Crippen LogP contribution in [0.5, 0.6) is 0 Å². The summed E-state index contributed by atoms with van der Waals surface area (Å²) in [4.78, 5) is 18.0. The molecule has 2 rings (SSSR count). The molecule has 0 unspecified atom stereocenters. The van der Waals surface area contributed by atoms with Crippen molar-refractivity contribution in [1.29, 1.82) is 0 Å². The highest BCUT2D eigenvalue weighted by Gasteiger charge is 2.22. The van der Waals surface area contributed by atoms with Crippen LogP contribution in [-0.4, -0.2) is 28.4 Å². The molecule has 0 radical (unpaired) electrons. The van der Waals surface area contributed by atoms with Crippen molar-refractivity contribution < 1.29 is 4.74 Å². The van der Waals surface area contributed by atoms with E-state index in [1.54, 1.807) is 13.1 Å². The van der Waals surface area contributed by atoms with E-state index in [1.165, 1.54) is 11.8 Å². The van der Waals surface area contributed by atoms with Gasteiger partial charge in [-0.25, -0.2) is 4.98 Å². The van der Waals surface area contributed by atoms with Crippen LogP contribution in [0, 0.1) is 6.92 Å². The first-order valence-electron chi connectivity index (χ1n) is 4.06. The summed E-state index contributed by atoms with van der Waals surface area (Å²) >= 11 is 1.52. The van der Waals surface area contributed by atoms with Gasteiger partial charge in [0.05, 0.1) is 12.7 Å². The Morgan fingerprint density at radius 2 is 2.62 bits per heavy atom. The highest BCUT2D eigenvalue weighted by molar-refractivity contribution is 7.99. The second-order valence-corrected chi connectivity index (χ2v) is 3.98. The third kappa shape index (κ3) is 2.32. The first kappa shape index (κ1) is 8.77. The van der Waals surface area contributed by atoms with Crippen molar-refractivity contribution >= 4 is 11.8 Å². The Kier molecular flexibility index (Phi) is 2.37. The van der Waals surface area contributed by atoms with Crippen LogP contribution in [0.4, 0.5) is 0 Å². The quantitative estimate of drug-likeness (QED) is 0.438. The minimum atomic E-state index is -0.0609. The fourth-order valence-corrected chi connectivity index (χ4v) is 1.68. The van der Waals surface area contributed by atoms with Gasteiger partial charge in [0.1, 0.15) is 0 Å². The number of hydrogen-bond acceptors (Lipinski definition) is 4. The van der Waals surface area contributed by atoms with Gasteiger partial charge in [-0.05, 0) is 6.92 Å². The number of aromatic amines is 1. The van der Waals surface area contributed by atoms with Gasteiger partial charge in [-0.2, -0.15) is 0 Å². The van der Waals surface area contributed by atoms with Gasteiger partial charge in [-0.1, -0.05) is 11.8 Å². The number of aryl methyl sites for hydroxylation is 1. The third-order valence-electron chi connectivity index (χ3n) is 1.76. The lowest BCUT2D eigenvalue weighted by atomic mass is 10.4. The maximum atomic E-state index is 11.2. The van der Waals surface area contributed by atoms with Gasteiger partial charge in [-0.15, -0.1) is 0 Å². The van der Waals surface area contributed by atoms with Crippen LogP contribution in [0.15, 0.2) is 16.1 Å². The van der Waals surface area contributed by atoms with Gasteiger partial charge >= 0.3 is 0 Å². The lowest BCUT2D eigenvalue weighted by molar-refractivity contribution is 0.426. The van der Waals surface area contributed by atoms with E-state index in [0.29, 0.717) is 16.8 Å². The van der Waals surface area contributed by atoms with Crippen molar-refractivity contribution in [2.75, 3.05) is 12.4 Å². The highest BCUT2D eigenvalue weighted by Crippen LogP contribution is 2.19. The Balaban J connectivity index is 2.03. The predicted octanol–water partition coefficient (Wildman–Crippen LogP) is 0.569. The minimum absolute atomic E-state index is 0.0609. The summed E-state index contributed by atoms with van der Waals surface area (Å²) in [6.45, 7) is 2.58. The van der Waals surface area contributed by atoms with Crippen molar-refractivity contribution in [1.82, 2.24) is 9.97 Å². The maximum absolute atomic E-state index is 11.2. The van der Waals surface area contributed by atoms with Gasteiger partial charge in [0, 0.05) is 17.5 Å². The van der Waals surface area contributed by atoms with Crippen LogP contribution >= 0.6 is 11.8 Å². The number of rotatable bonds is 3. The molecule has 1 saturated heterocycles. The zero-order chi connectivity index (χ0) is 9.26. The number of H-pyrrole nitrogens is 1. The Bertz CT molecular complexity index is 359. The molecule has 0 spiro atoms. The average molecular weight is 198 g/mol. The van der Waals surface area contributed by atoms with Gasteiger partial charge in [0.15, 0.2) is 5.16 Å². The molecule has 0 aromatic carbocycles. The summed E-state index contributed by atoms with van der Waals surface area (Å²) < 4.78 is 5.04. The van der Waals surface area contributed by atoms with E-state index in [-0.39, 0.29) is 5.56 Å². The number of ether oxygens (including phenoxy) is 1. The molecule has 1 fully saturated rings.